The Hall–Kier alpha value is -1.42. The second-order valence-corrected chi connectivity index (χ2v) is 4.75. The minimum Gasteiger partial charge on any atom is -0.354 e. The number of anilines is 1. The van der Waals surface area contributed by atoms with Crippen LogP contribution < -0.4 is 4.90 Å². The summed E-state index contributed by atoms with van der Waals surface area (Å²) >= 11 is 1.60. The number of thiazole rings is 1. The molecule has 0 saturated carbocycles. The first kappa shape index (κ1) is 11.1. The van der Waals surface area contributed by atoms with Crippen LogP contribution in [0.25, 0.3) is 5.57 Å². The molecule has 0 fully saturated rings. The summed E-state index contributed by atoms with van der Waals surface area (Å²) in [5.41, 5.74) is 1.01. The van der Waals surface area contributed by atoms with Crippen LogP contribution in [-0.2, 0) is 0 Å². The van der Waals surface area contributed by atoms with Crippen LogP contribution in [0.15, 0.2) is 36.3 Å². The molecule has 2 nitrogen and oxygen atoms in total. The Labute approximate surface area is 98.4 Å². The fourth-order valence-corrected chi connectivity index (χ4v) is 2.22. The van der Waals surface area contributed by atoms with Gasteiger partial charge in [0.2, 0.25) is 0 Å². The van der Waals surface area contributed by atoms with Crippen LogP contribution in [0.2, 0.25) is 0 Å². The molecule has 0 atom stereocenters. The van der Waals surface area contributed by atoms with Crippen LogP contribution in [-0.4, -0.2) is 19.1 Å². The smallest absolute Gasteiger partial charge is 0.185 e. The Balaban J connectivity index is 2.30. The van der Waals surface area contributed by atoms with Gasteiger partial charge in [-0.3, -0.25) is 0 Å². The minimum atomic E-state index is -0.108. The van der Waals surface area contributed by atoms with Crippen molar-refractivity contribution in [3.63, 3.8) is 0 Å². The van der Waals surface area contributed by atoms with E-state index in [0.717, 1.165) is 15.6 Å². The van der Waals surface area contributed by atoms with Crippen molar-refractivity contribution in [2.24, 2.45) is 0 Å². The average Bonchev–Trinajstić information content (AvgIpc) is 2.63. The fraction of sp³-hybridized carbons (Fsp3) is 0.250. The number of aromatic nitrogens is 1. The van der Waals surface area contributed by atoms with Crippen LogP contribution in [0.1, 0.15) is 11.3 Å². The summed E-state index contributed by atoms with van der Waals surface area (Å²) in [6.07, 6.45) is 9.29. The summed E-state index contributed by atoms with van der Waals surface area (Å²) in [4.78, 5) is 7.32. The first-order chi connectivity index (χ1) is 7.66. The summed E-state index contributed by atoms with van der Waals surface area (Å²) in [5, 5.41) is 0.956. The van der Waals surface area contributed by atoms with Gasteiger partial charge in [-0.1, -0.05) is 29.6 Å². The predicted octanol–water partition coefficient (Wildman–Crippen LogP) is 3.41. The normalized spacial score (nSPS) is 15.4. The molecule has 84 valence electrons. The molecule has 2 rings (SSSR count). The highest BCUT2D eigenvalue weighted by atomic mass is 32.1. The van der Waals surface area contributed by atoms with Gasteiger partial charge in [-0.05, 0) is 11.6 Å². The molecule has 0 radical (unpaired) electrons. The van der Waals surface area contributed by atoms with Gasteiger partial charge in [0.1, 0.15) is 5.83 Å². The maximum absolute atomic E-state index is 13.0. The van der Waals surface area contributed by atoms with E-state index in [-0.39, 0.29) is 5.83 Å². The van der Waals surface area contributed by atoms with Gasteiger partial charge in [0.15, 0.2) is 5.13 Å². The van der Waals surface area contributed by atoms with Crippen molar-refractivity contribution in [2.45, 2.75) is 6.42 Å². The Bertz CT molecular complexity index is 469. The van der Waals surface area contributed by atoms with Crippen molar-refractivity contribution in [1.82, 2.24) is 4.98 Å². The van der Waals surface area contributed by atoms with Gasteiger partial charge in [-0.15, -0.1) is 0 Å². The second kappa shape index (κ2) is 4.61. The van der Waals surface area contributed by atoms with Gasteiger partial charge in [0.25, 0.3) is 0 Å². The van der Waals surface area contributed by atoms with Crippen molar-refractivity contribution in [3.8, 4) is 0 Å². The molecule has 0 unspecified atom stereocenters. The summed E-state index contributed by atoms with van der Waals surface area (Å²) in [7, 11) is 3.92. The molecule has 0 N–H and O–H groups in total. The SMILES string of the molecule is CN(C)c1ncc(C2=CC=C(F)CC=C2)s1. The molecule has 1 aromatic heterocycles. The first-order valence-electron chi connectivity index (χ1n) is 5.03. The van der Waals surface area contributed by atoms with E-state index in [4.69, 9.17) is 0 Å². The lowest BCUT2D eigenvalue weighted by molar-refractivity contribution is 0.618. The molecule has 0 saturated heterocycles. The molecule has 0 bridgehead atoms. The zero-order chi connectivity index (χ0) is 11.5. The second-order valence-electron chi connectivity index (χ2n) is 3.74. The Kier molecular flexibility index (Phi) is 3.19. The quantitative estimate of drug-likeness (QED) is 0.782. The zero-order valence-electron chi connectivity index (χ0n) is 9.27. The van der Waals surface area contributed by atoms with E-state index in [1.165, 1.54) is 6.08 Å². The molecular weight excluding hydrogens is 223 g/mol. The van der Waals surface area contributed by atoms with Crippen molar-refractivity contribution in [3.05, 3.63) is 41.2 Å². The van der Waals surface area contributed by atoms with Gasteiger partial charge in [-0.25, -0.2) is 9.37 Å². The van der Waals surface area contributed by atoms with Crippen molar-refractivity contribution < 1.29 is 4.39 Å². The van der Waals surface area contributed by atoms with Gasteiger partial charge in [0, 0.05) is 26.7 Å². The Morgan fingerprint density at radius 1 is 1.38 bits per heavy atom. The molecule has 4 heteroatoms. The molecule has 1 heterocycles. The van der Waals surface area contributed by atoms with E-state index in [1.54, 1.807) is 17.4 Å². The number of hydrogen-bond donors (Lipinski definition) is 0. The van der Waals surface area contributed by atoms with Crippen molar-refractivity contribution in [1.29, 1.82) is 0 Å². The van der Waals surface area contributed by atoms with Crippen LogP contribution in [0.5, 0.6) is 0 Å². The van der Waals surface area contributed by atoms with Gasteiger partial charge >= 0.3 is 0 Å². The van der Waals surface area contributed by atoms with Gasteiger partial charge in [-0.2, -0.15) is 0 Å². The number of rotatable bonds is 2. The molecule has 0 aliphatic heterocycles. The highest BCUT2D eigenvalue weighted by molar-refractivity contribution is 7.16. The highest BCUT2D eigenvalue weighted by Gasteiger charge is 2.07. The van der Waals surface area contributed by atoms with Crippen LogP contribution in [0.4, 0.5) is 9.52 Å². The van der Waals surface area contributed by atoms with E-state index < -0.39 is 0 Å². The summed E-state index contributed by atoms with van der Waals surface area (Å²) in [6.45, 7) is 0. The lowest BCUT2D eigenvalue weighted by Gasteiger charge is -2.05. The Morgan fingerprint density at radius 2 is 2.19 bits per heavy atom. The third-order valence-electron chi connectivity index (χ3n) is 2.21. The topological polar surface area (TPSA) is 16.1 Å². The molecule has 1 aliphatic carbocycles. The summed E-state index contributed by atoms with van der Waals surface area (Å²) in [5.74, 6) is -0.108. The molecular formula is C12H13FN2S. The lowest BCUT2D eigenvalue weighted by atomic mass is 10.2. The lowest BCUT2D eigenvalue weighted by Crippen LogP contribution is -2.07. The number of hydrogen-bond acceptors (Lipinski definition) is 3. The minimum absolute atomic E-state index is 0.108. The van der Waals surface area contributed by atoms with E-state index >= 15 is 0 Å². The van der Waals surface area contributed by atoms with Gasteiger partial charge in [0.05, 0.1) is 4.88 Å². The van der Waals surface area contributed by atoms with E-state index in [9.17, 15) is 4.39 Å². The predicted molar refractivity (Wildman–Crippen MR) is 67.4 cm³/mol. The average molecular weight is 236 g/mol. The molecule has 1 aromatic rings. The first-order valence-corrected chi connectivity index (χ1v) is 5.85. The number of halogens is 1. The van der Waals surface area contributed by atoms with Crippen LogP contribution >= 0.6 is 11.3 Å². The van der Waals surface area contributed by atoms with Crippen molar-refractivity contribution in [2.75, 3.05) is 19.0 Å². The third-order valence-corrected chi connectivity index (χ3v) is 3.43. The number of allylic oxidation sites excluding steroid dienone is 6. The molecule has 16 heavy (non-hydrogen) atoms. The largest absolute Gasteiger partial charge is 0.354 e. The van der Waals surface area contributed by atoms with E-state index in [1.807, 2.05) is 37.3 Å². The van der Waals surface area contributed by atoms with E-state index in [0.29, 0.717) is 6.42 Å². The zero-order valence-corrected chi connectivity index (χ0v) is 10.1. The molecule has 0 spiro atoms. The van der Waals surface area contributed by atoms with E-state index in [2.05, 4.69) is 4.98 Å². The highest BCUT2D eigenvalue weighted by Crippen LogP contribution is 2.29. The van der Waals surface area contributed by atoms with Gasteiger partial charge < -0.3 is 4.90 Å². The maximum Gasteiger partial charge on any atom is 0.185 e. The third kappa shape index (κ3) is 2.39. The summed E-state index contributed by atoms with van der Waals surface area (Å²) < 4.78 is 13.0. The Morgan fingerprint density at radius 3 is 2.88 bits per heavy atom. The standard InChI is InChI=1S/C12H13FN2S/c1-15(2)12-14-8-11(16-12)9-4-3-5-10(13)7-6-9/h3-4,6-8H,5H2,1-2H3. The molecule has 1 aliphatic rings. The monoisotopic (exact) mass is 236 g/mol. The summed E-state index contributed by atoms with van der Waals surface area (Å²) in [6, 6.07) is 0. The molecule has 0 aromatic carbocycles. The molecule has 0 amide bonds. The maximum atomic E-state index is 13.0. The number of nitrogens with zero attached hydrogens (tertiary/aromatic N) is 2. The van der Waals surface area contributed by atoms with Crippen LogP contribution in [0, 0.1) is 0 Å². The van der Waals surface area contributed by atoms with Crippen LogP contribution in [0.3, 0.4) is 0 Å². The fourth-order valence-electron chi connectivity index (χ4n) is 1.37. The van der Waals surface area contributed by atoms with Crippen molar-refractivity contribution >= 4 is 22.0 Å².